The summed E-state index contributed by atoms with van der Waals surface area (Å²) in [5.41, 5.74) is 0. The first-order valence-corrected chi connectivity index (χ1v) is 4.59. The van der Waals surface area contributed by atoms with Crippen LogP contribution in [-0.2, 0) is 4.79 Å². The second-order valence-corrected chi connectivity index (χ2v) is 3.50. The van der Waals surface area contributed by atoms with Crippen molar-refractivity contribution in [2.45, 2.75) is 19.4 Å². The number of amides is 1. The number of hydrogen-bond acceptors (Lipinski definition) is 3. The van der Waals surface area contributed by atoms with E-state index >= 15 is 0 Å². The number of aliphatic hydroxyl groups is 1. The van der Waals surface area contributed by atoms with Gasteiger partial charge in [-0.1, -0.05) is 6.92 Å². The minimum atomic E-state index is -0.0544. The quantitative estimate of drug-likeness (QED) is 0.555. The first kappa shape index (κ1) is 12.4. The van der Waals surface area contributed by atoms with Gasteiger partial charge < -0.3 is 15.3 Å². The molecule has 1 aliphatic rings. The Morgan fingerprint density at radius 1 is 1.62 bits per heavy atom. The largest absolute Gasteiger partial charge is 0.393 e. The third-order valence-electron chi connectivity index (χ3n) is 2.18. The maximum absolute atomic E-state index is 9.27. The molecule has 1 rings (SSSR count). The van der Waals surface area contributed by atoms with Crippen molar-refractivity contribution in [1.82, 2.24) is 10.2 Å². The van der Waals surface area contributed by atoms with E-state index in [9.17, 15) is 5.11 Å². The van der Waals surface area contributed by atoms with Crippen LogP contribution < -0.4 is 5.32 Å². The van der Waals surface area contributed by atoms with E-state index in [1.54, 1.807) is 7.05 Å². The second kappa shape index (κ2) is 6.86. The fraction of sp³-hybridized carbons (Fsp3) is 0.889. The molecule has 0 radical (unpaired) electrons. The highest BCUT2D eigenvalue weighted by Crippen LogP contribution is 2.14. The van der Waals surface area contributed by atoms with Gasteiger partial charge in [0.05, 0.1) is 6.10 Å². The molecule has 1 fully saturated rings. The topological polar surface area (TPSA) is 52.6 Å². The van der Waals surface area contributed by atoms with Crippen LogP contribution in [0.25, 0.3) is 0 Å². The molecule has 2 unspecified atom stereocenters. The summed E-state index contributed by atoms with van der Waals surface area (Å²) in [6.07, 6.45) is 1.51. The summed E-state index contributed by atoms with van der Waals surface area (Å²) in [6.45, 7) is 4.19. The summed E-state index contributed by atoms with van der Waals surface area (Å²) in [7, 11) is 3.66. The predicted molar refractivity (Wildman–Crippen MR) is 52.4 cm³/mol. The number of nitrogens with one attached hydrogen (secondary N) is 1. The maximum atomic E-state index is 9.27. The summed E-state index contributed by atoms with van der Waals surface area (Å²) in [5, 5.41) is 11.5. The summed E-state index contributed by atoms with van der Waals surface area (Å²) in [4.78, 5) is 11.3. The van der Waals surface area contributed by atoms with E-state index in [2.05, 4.69) is 24.2 Å². The SMILES string of the molecule is CC1CN(C)CCC1O.CNC=O. The highest BCUT2D eigenvalue weighted by Gasteiger charge is 2.21. The van der Waals surface area contributed by atoms with E-state index in [0.29, 0.717) is 12.3 Å². The minimum Gasteiger partial charge on any atom is -0.393 e. The number of carbonyl (C=O) groups excluding carboxylic acids is 1. The van der Waals surface area contributed by atoms with Crippen molar-refractivity contribution in [1.29, 1.82) is 0 Å². The lowest BCUT2D eigenvalue weighted by atomic mass is 9.97. The van der Waals surface area contributed by atoms with Crippen molar-refractivity contribution in [2.75, 3.05) is 27.2 Å². The van der Waals surface area contributed by atoms with E-state index in [0.717, 1.165) is 19.5 Å². The molecule has 1 saturated heterocycles. The number of likely N-dealkylation sites (tertiary alicyclic amines) is 1. The van der Waals surface area contributed by atoms with Crippen molar-refractivity contribution < 1.29 is 9.90 Å². The third kappa shape index (κ3) is 5.60. The Morgan fingerprint density at radius 3 is 2.46 bits per heavy atom. The number of carbonyl (C=O) groups is 1. The van der Waals surface area contributed by atoms with Crippen LogP contribution in [0.15, 0.2) is 0 Å². The molecule has 78 valence electrons. The molecule has 0 aromatic heterocycles. The minimum absolute atomic E-state index is 0.0544. The molecule has 1 heterocycles. The molecule has 2 N–H and O–H groups in total. The van der Waals surface area contributed by atoms with Crippen LogP contribution in [0.5, 0.6) is 0 Å². The Hall–Kier alpha value is -0.610. The van der Waals surface area contributed by atoms with Crippen molar-refractivity contribution in [3.8, 4) is 0 Å². The van der Waals surface area contributed by atoms with Gasteiger partial charge in [0.2, 0.25) is 6.41 Å². The van der Waals surface area contributed by atoms with Crippen LogP contribution in [0.1, 0.15) is 13.3 Å². The van der Waals surface area contributed by atoms with Gasteiger partial charge in [-0.2, -0.15) is 0 Å². The lowest BCUT2D eigenvalue weighted by Gasteiger charge is -2.31. The van der Waals surface area contributed by atoms with Crippen LogP contribution in [0.3, 0.4) is 0 Å². The van der Waals surface area contributed by atoms with Gasteiger partial charge in [-0.3, -0.25) is 4.79 Å². The molecule has 1 aliphatic heterocycles. The van der Waals surface area contributed by atoms with Crippen molar-refractivity contribution in [3.63, 3.8) is 0 Å². The molecule has 0 saturated carbocycles. The predicted octanol–water partition coefficient (Wildman–Crippen LogP) is -0.319. The van der Waals surface area contributed by atoms with Gasteiger partial charge in [-0.05, 0) is 19.4 Å². The highest BCUT2D eigenvalue weighted by molar-refractivity contribution is 5.44. The summed E-state index contributed by atoms with van der Waals surface area (Å²) < 4.78 is 0. The summed E-state index contributed by atoms with van der Waals surface area (Å²) in [5.74, 6) is 0.462. The molecule has 13 heavy (non-hydrogen) atoms. The van der Waals surface area contributed by atoms with Gasteiger partial charge in [-0.15, -0.1) is 0 Å². The zero-order valence-corrected chi connectivity index (χ0v) is 8.66. The van der Waals surface area contributed by atoms with E-state index in [-0.39, 0.29) is 6.10 Å². The Morgan fingerprint density at radius 2 is 2.15 bits per heavy atom. The Bertz CT molecular complexity index is 142. The lowest BCUT2D eigenvalue weighted by molar-refractivity contribution is -0.109. The smallest absolute Gasteiger partial charge is 0.206 e. The van der Waals surface area contributed by atoms with E-state index in [1.165, 1.54) is 0 Å². The monoisotopic (exact) mass is 188 g/mol. The van der Waals surface area contributed by atoms with E-state index in [1.807, 2.05) is 0 Å². The maximum Gasteiger partial charge on any atom is 0.206 e. The number of hydrogen-bond donors (Lipinski definition) is 2. The van der Waals surface area contributed by atoms with Crippen molar-refractivity contribution in [2.24, 2.45) is 5.92 Å². The number of nitrogens with zero attached hydrogens (tertiary/aromatic N) is 1. The second-order valence-electron chi connectivity index (χ2n) is 3.50. The molecular weight excluding hydrogens is 168 g/mol. The molecule has 0 aliphatic carbocycles. The van der Waals surface area contributed by atoms with Crippen LogP contribution in [0.2, 0.25) is 0 Å². The van der Waals surface area contributed by atoms with E-state index < -0.39 is 0 Å². The number of rotatable bonds is 1. The lowest BCUT2D eigenvalue weighted by Crippen LogP contribution is -2.39. The molecule has 4 nitrogen and oxygen atoms in total. The molecule has 0 aromatic rings. The molecular formula is C9H20N2O2. The van der Waals surface area contributed by atoms with Gasteiger partial charge in [0.15, 0.2) is 0 Å². The van der Waals surface area contributed by atoms with Crippen LogP contribution in [0, 0.1) is 5.92 Å². The van der Waals surface area contributed by atoms with Gasteiger partial charge in [0, 0.05) is 20.1 Å². The normalized spacial score (nSPS) is 28.6. The number of aliphatic hydroxyl groups excluding tert-OH is 1. The molecule has 2 atom stereocenters. The highest BCUT2D eigenvalue weighted by atomic mass is 16.3. The molecule has 0 aromatic carbocycles. The van der Waals surface area contributed by atoms with Crippen molar-refractivity contribution in [3.05, 3.63) is 0 Å². The van der Waals surface area contributed by atoms with Gasteiger partial charge in [0.25, 0.3) is 0 Å². The fourth-order valence-corrected chi connectivity index (χ4v) is 1.34. The van der Waals surface area contributed by atoms with Crippen molar-refractivity contribution >= 4 is 6.41 Å². The van der Waals surface area contributed by atoms with Crippen LogP contribution >= 0.6 is 0 Å². The third-order valence-corrected chi connectivity index (χ3v) is 2.18. The zero-order chi connectivity index (χ0) is 10.3. The Balaban J connectivity index is 0.000000310. The van der Waals surface area contributed by atoms with Gasteiger partial charge in [0.1, 0.15) is 0 Å². The average molecular weight is 188 g/mol. The van der Waals surface area contributed by atoms with Crippen LogP contribution in [-0.4, -0.2) is 49.7 Å². The first-order valence-electron chi connectivity index (χ1n) is 4.59. The first-order chi connectivity index (χ1) is 6.11. The molecule has 1 amide bonds. The molecule has 0 spiro atoms. The summed E-state index contributed by atoms with van der Waals surface area (Å²) >= 11 is 0. The van der Waals surface area contributed by atoms with Crippen LogP contribution in [0.4, 0.5) is 0 Å². The fourth-order valence-electron chi connectivity index (χ4n) is 1.34. The Kier molecular flexibility index (Phi) is 6.54. The van der Waals surface area contributed by atoms with Gasteiger partial charge in [-0.25, -0.2) is 0 Å². The zero-order valence-electron chi connectivity index (χ0n) is 8.66. The Labute approximate surface area is 79.9 Å². The standard InChI is InChI=1S/C7H15NO.C2H5NO/c1-6-5-8(2)4-3-7(6)9;1-3-2-4/h6-7,9H,3-5H2,1-2H3;2H,1H3,(H,3,4). The van der Waals surface area contributed by atoms with E-state index in [4.69, 9.17) is 4.79 Å². The molecule has 4 heteroatoms. The van der Waals surface area contributed by atoms with Gasteiger partial charge >= 0.3 is 0 Å². The average Bonchev–Trinajstić information content (AvgIpc) is 2.12. The number of piperidine rings is 1. The summed E-state index contributed by atoms with van der Waals surface area (Å²) in [6, 6.07) is 0. The molecule has 0 bridgehead atoms.